The highest BCUT2D eigenvalue weighted by molar-refractivity contribution is 4.60. The maximum absolute atomic E-state index is 5.61. The van der Waals surface area contributed by atoms with Gasteiger partial charge in [0, 0.05) is 13.2 Å². The summed E-state index contributed by atoms with van der Waals surface area (Å²) in [5.41, 5.74) is -0.0181. The second kappa shape index (κ2) is 5.72. The Hall–Kier alpha value is -0.0800. The van der Waals surface area contributed by atoms with Crippen LogP contribution < -0.4 is 0 Å². The van der Waals surface area contributed by atoms with Gasteiger partial charge in [-0.25, -0.2) is 0 Å². The van der Waals surface area contributed by atoms with Crippen molar-refractivity contribution in [3.63, 3.8) is 0 Å². The second-order valence-corrected chi connectivity index (χ2v) is 5.63. The summed E-state index contributed by atoms with van der Waals surface area (Å²) in [6.45, 7) is 14.2. The van der Waals surface area contributed by atoms with Gasteiger partial charge >= 0.3 is 0 Å². The van der Waals surface area contributed by atoms with E-state index in [0.29, 0.717) is 0 Å². The third kappa shape index (κ3) is 11.9. The summed E-state index contributed by atoms with van der Waals surface area (Å²) < 4.78 is 11.2. The Bertz CT molecular complexity index is 121. The van der Waals surface area contributed by atoms with Crippen molar-refractivity contribution >= 4 is 0 Å². The van der Waals surface area contributed by atoms with Gasteiger partial charge in [-0.1, -0.05) is 0 Å². The molecule has 0 aliphatic rings. The molecule has 0 rings (SSSR count). The minimum atomic E-state index is -0.00904. The van der Waals surface area contributed by atoms with E-state index in [1.165, 1.54) is 0 Å². The molecule has 0 aliphatic heterocycles. The van der Waals surface area contributed by atoms with Gasteiger partial charge in [0.25, 0.3) is 0 Å². The van der Waals surface area contributed by atoms with Gasteiger partial charge in [-0.05, 0) is 54.4 Å². The van der Waals surface area contributed by atoms with Crippen LogP contribution in [0.25, 0.3) is 0 Å². The van der Waals surface area contributed by atoms with Gasteiger partial charge in [-0.3, -0.25) is 0 Å². The summed E-state index contributed by atoms with van der Waals surface area (Å²) in [5.74, 6) is 0. The fourth-order valence-electron chi connectivity index (χ4n) is 0.961. The number of ether oxygens (including phenoxy) is 2. The van der Waals surface area contributed by atoms with E-state index in [9.17, 15) is 0 Å². The summed E-state index contributed by atoms with van der Waals surface area (Å²) in [6, 6.07) is 0. The molecule has 0 atom stereocenters. The zero-order chi connectivity index (χ0) is 11.2. The smallest absolute Gasteiger partial charge is 0.0598 e. The van der Waals surface area contributed by atoms with Crippen LogP contribution >= 0.6 is 0 Å². The molecule has 14 heavy (non-hydrogen) atoms. The molecule has 2 nitrogen and oxygen atoms in total. The normalized spacial score (nSPS) is 13.3. The van der Waals surface area contributed by atoms with Crippen LogP contribution in [0.5, 0.6) is 0 Å². The van der Waals surface area contributed by atoms with Crippen LogP contribution in [0.4, 0.5) is 0 Å². The lowest BCUT2D eigenvalue weighted by Gasteiger charge is -2.21. The lowest BCUT2D eigenvalue weighted by Crippen LogP contribution is -2.21. The average molecular weight is 202 g/mol. The number of unbranched alkanes of at least 4 members (excludes halogenated alkanes) is 1. The third-order valence-electron chi connectivity index (χ3n) is 1.61. The fraction of sp³-hybridized carbons (Fsp3) is 1.00. The first kappa shape index (κ1) is 13.9. The number of hydrogen-bond donors (Lipinski definition) is 0. The van der Waals surface area contributed by atoms with Crippen LogP contribution in [0.1, 0.15) is 54.4 Å². The molecule has 0 saturated carbocycles. The summed E-state index contributed by atoms with van der Waals surface area (Å²) >= 11 is 0. The Morgan fingerprint density at radius 3 is 1.14 bits per heavy atom. The first-order chi connectivity index (χ1) is 6.21. The monoisotopic (exact) mass is 202 g/mol. The van der Waals surface area contributed by atoms with Crippen LogP contribution in [0.3, 0.4) is 0 Å². The number of rotatable bonds is 5. The Kier molecular flexibility index (Phi) is 5.68. The summed E-state index contributed by atoms with van der Waals surface area (Å²) in [6.07, 6.45) is 2.15. The molecule has 0 radical (unpaired) electrons. The lowest BCUT2D eigenvalue weighted by molar-refractivity contribution is -0.0232. The lowest BCUT2D eigenvalue weighted by atomic mass is 10.2. The van der Waals surface area contributed by atoms with E-state index in [4.69, 9.17) is 9.47 Å². The van der Waals surface area contributed by atoms with E-state index >= 15 is 0 Å². The zero-order valence-corrected chi connectivity index (χ0v) is 10.6. The van der Waals surface area contributed by atoms with Gasteiger partial charge in [0.05, 0.1) is 11.2 Å². The molecule has 0 heterocycles. The molecule has 0 N–H and O–H groups in total. The van der Waals surface area contributed by atoms with Crippen molar-refractivity contribution in [1.82, 2.24) is 0 Å². The molecule has 0 fully saturated rings. The largest absolute Gasteiger partial charge is 0.376 e. The van der Waals surface area contributed by atoms with Gasteiger partial charge in [-0.2, -0.15) is 0 Å². The van der Waals surface area contributed by atoms with Crippen LogP contribution in [-0.2, 0) is 9.47 Å². The highest BCUT2D eigenvalue weighted by Gasteiger charge is 2.10. The Labute approximate surface area is 89.0 Å². The number of hydrogen-bond acceptors (Lipinski definition) is 2. The van der Waals surface area contributed by atoms with Gasteiger partial charge in [0.1, 0.15) is 0 Å². The SMILES string of the molecule is CC(C)(C)OCCCCOC(C)(C)C. The molecule has 2 heteroatoms. The van der Waals surface area contributed by atoms with E-state index in [-0.39, 0.29) is 11.2 Å². The molecular weight excluding hydrogens is 176 g/mol. The van der Waals surface area contributed by atoms with Crippen LogP contribution in [0, 0.1) is 0 Å². The van der Waals surface area contributed by atoms with Crippen molar-refractivity contribution in [2.75, 3.05) is 13.2 Å². The molecule has 0 aromatic heterocycles. The van der Waals surface area contributed by atoms with E-state index < -0.39 is 0 Å². The van der Waals surface area contributed by atoms with Crippen LogP contribution in [0.2, 0.25) is 0 Å². The Morgan fingerprint density at radius 1 is 0.643 bits per heavy atom. The summed E-state index contributed by atoms with van der Waals surface area (Å²) in [7, 11) is 0. The molecular formula is C12H26O2. The quantitative estimate of drug-likeness (QED) is 0.636. The molecule has 0 aliphatic carbocycles. The van der Waals surface area contributed by atoms with Crippen molar-refractivity contribution in [3.05, 3.63) is 0 Å². The molecule has 0 unspecified atom stereocenters. The average Bonchev–Trinajstić information content (AvgIpc) is 1.92. The highest BCUT2D eigenvalue weighted by Crippen LogP contribution is 2.10. The van der Waals surface area contributed by atoms with E-state index in [0.717, 1.165) is 26.1 Å². The third-order valence-corrected chi connectivity index (χ3v) is 1.61. The van der Waals surface area contributed by atoms with Crippen molar-refractivity contribution < 1.29 is 9.47 Å². The van der Waals surface area contributed by atoms with Crippen molar-refractivity contribution in [1.29, 1.82) is 0 Å². The molecule has 0 bridgehead atoms. The highest BCUT2D eigenvalue weighted by atomic mass is 16.5. The van der Waals surface area contributed by atoms with Crippen molar-refractivity contribution in [2.24, 2.45) is 0 Å². The maximum atomic E-state index is 5.61. The van der Waals surface area contributed by atoms with Crippen molar-refractivity contribution in [3.8, 4) is 0 Å². The fourth-order valence-corrected chi connectivity index (χ4v) is 0.961. The predicted octanol–water partition coefficient (Wildman–Crippen LogP) is 3.40. The van der Waals surface area contributed by atoms with E-state index in [1.807, 2.05) is 0 Å². The minimum Gasteiger partial charge on any atom is -0.376 e. The molecule has 0 amide bonds. The maximum Gasteiger partial charge on any atom is 0.0598 e. The molecule has 0 saturated heterocycles. The van der Waals surface area contributed by atoms with E-state index in [2.05, 4.69) is 41.5 Å². The molecule has 86 valence electrons. The predicted molar refractivity (Wildman–Crippen MR) is 60.6 cm³/mol. The molecule has 0 aromatic rings. The van der Waals surface area contributed by atoms with Gasteiger partial charge in [0.15, 0.2) is 0 Å². The standard InChI is InChI=1S/C12H26O2/c1-11(2,3)13-9-7-8-10-14-12(4,5)6/h7-10H2,1-6H3. The topological polar surface area (TPSA) is 18.5 Å². The first-order valence-corrected chi connectivity index (χ1v) is 5.49. The summed E-state index contributed by atoms with van der Waals surface area (Å²) in [4.78, 5) is 0. The second-order valence-electron chi connectivity index (χ2n) is 5.63. The Balaban J connectivity index is 3.23. The van der Waals surface area contributed by atoms with E-state index in [1.54, 1.807) is 0 Å². The van der Waals surface area contributed by atoms with Crippen molar-refractivity contribution in [2.45, 2.75) is 65.6 Å². The Morgan fingerprint density at radius 2 is 0.929 bits per heavy atom. The summed E-state index contributed by atoms with van der Waals surface area (Å²) in [5, 5.41) is 0. The van der Waals surface area contributed by atoms with Gasteiger partial charge in [0.2, 0.25) is 0 Å². The van der Waals surface area contributed by atoms with Crippen LogP contribution in [-0.4, -0.2) is 24.4 Å². The molecule has 0 aromatic carbocycles. The van der Waals surface area contributed by atoms with Crippen LogP contribution in [0.15, 0.2) is 0 Å². The first-order valence-electron chi connectivity index (χ1n) is 5.49. The van der Waals surface area contributed by atoms with Gasteiger partial charge < -0.3 is 9.47 Å². The zero-order valence-electron chi connectivity index (χ0n) is 10.6. The molecule has 0 spiro atoms. The van der Waals surface area contributed by atoms with Gasteiger partial charge in [-0.15, -0.1) is 0 Å². The minimum absolute atomic E-state index is 0.00904.